The van der Waals surface area contributed by atoms with Gasteiger partial charge >= 0.3 is 17.9 Å². The van der Waals surface area contributed by atoms with Gasteiger partial charge in [0, 0.05) is 17.0 Å². The molecule has 0 aliphatic rings. The molecule has 0 saturated carbocycles. The van der Waals surface area contributed by atoms with Crippen molar-refractivity contribution in [2.45, 2.75) is 60.4 Å². The molecule has 0 aliphatic heterocycles. The second-order valence-corrected chi connectivity index (χ2v) is 7.18. The smallest absolute Gasteiger partial charge is 0.358 e. The second kappa shape index (κ2) is 11.8. The molecule has 0 spiro atoms. The third-order valence-corrected chi connectivity index (χ3v) is 3.63. The first kappa shape index (κ1) is 25.7. The van der Waals surface area contributed by atoms with Crippen LogP contribution in [0.4, 0.5) is 0 Å². The van der Waals surface area contributed by atoms with Crippen molar-refractivity contribution in [3.8, 4) is 0 Å². The van der Waals surface area contributed by atoms with Gasteiger partial charge in [0.25, 0.3) is 0 Å². The fourth-order valence-corrected chi connectivity index (χ4v) is 2.31. The first-order valence-corrected chi connectivity index (χ1v) is 9.66. The monoisotopic (exact) mass is 432 g/mol. The fourth-order valence-electron chi connectivity index (χ4n) is 2.31. The summed E-state index contributed by atoms with van der Waals surface area (Å²) in [7, 11) is 0. The predicted octanol–water partition coefficient (Wildman–Crippen LogP) is 3.10. The molecule has 2 aromatic heterocycles. The quantitative estimate of drug-likeness (QED) is 0.660. The number of carbonyl (C=O) groups is 3. The SMILES string of the molecule is Cc1ccc(C(=O)O)c(C(=O)OC(C)C)n1.Cc1ccc(CO)c(C(=O)OC(C)C)n1. The molecule has 0 fully saturated rings. The highest BCUT2D eigenvalue weighted by Gasteiger charge is 2.20. The van der Waals surface area contributed by atoms with E-state index in [1.54, 1.807) is 53.7 Å². The van der Waals surface area contributed by atoms with Crippen molar-refractivity contribution >= 4 is 17.9 Å². The van der Waals surface area contributed by atoms with E-state index in [0.717, 1.165) is 5.69 Å². The van der Waals surface area contributed by atoms with Gasteiger partial charge in [0.1, 0.15) is 0 Å². The van der Waals surface area contributed by atoms with Crippen LogP contribution in [0, 0.1) is 13.8 Å². The van der Waals surface area contributed by atoms with E-state index >= 15 is 0 Å². The van der Waals surface area contributed by atoms with Crippen molar-refractivity contribution in [1.29, 1.82) is 0 Å². The maximum Gasteiger partial charge on any atom is 0.358 e. The van der Waals surface area contributed by atoms with E-state index in [2.05, 4.69) is 9.97 Å². The molecule has 0 aliphatic carbocycles. The van der Waals surface area contributed by atoms with Crippen LogP contribution in [0.5, 0.6) is 0 Å². The standard InChI is InChI=1S/C11H13NO4.C11H15NO3/c1-6(2)16-11(15)9-8(10(13)14)5-4-7(3)12-9;1-7(2)15-11(14)10-9(6-13)5-4-8(3)12-10/h4-6H,1-3H3,(H,13,14);4-5,7,13H,6H2,1-3H3. The van der Waals surface area contributed by atoms with Crippen LogP contribution in [0.1, 0.15) is 76.0 Å². The van der Waals surface area contributed by atoms with Gasteiger partial charge in [0.2, 0.25) is 0 Å². The van der Waals surface area contributed by atoms with Gasteiger partial charge in [-0.15, -0.1) is 0 Å². The maximum atomic E-state index is 11.6. The molecule has 0 atom stereocenters. The van der Waals surface area contributed by atoms with Gasteiger partial charge in [-0.1, -0.05) is 6.07 Å². The summed E-state index contributed by atoms with van der Waals surface area (Å²) in [6, 6.07) is 6.31. The highest BCUT2D eigenvalue weighted by molar-refractivity contribution is 6.01. The van der Waals surface area contributed by atoms with Crippen LogP contribution in [0.2, 0.25) is 0 Å². The lowest BCUT2D eigenvalue weighted by molar-refractivity contribution is 0.0356. The number of esters is 2. The van der Waals surface area contributed by atoms with Gasteiger partial charge in [-0.25, -0.2) is 24.4 Å². The minimum atomic E-state index is -1.19. The summed E-state index contributed by atoms with van der Waals surface area (Å²) in [5, 5.41) is 17.9. The van der Waals surface area contributed by atoms with E-state index in [-0.39, 0.29) is 35.8 Å². The van der Waals surface area contributed by atoms with Crippen molar-refractivity contribution in [3.63, 3.8) is 0 Å². The molecule has 9 heteroatoms. The van der Waals surface area contributed by atoms with Crippen LogP contribution in [-0.2, 0) is 16.1 Å². The van der Waals surface area contributed by atoms with Crippen LogP contribution in [0.15, 0.2) is 24.3 Å². The van der Waals surface area contributed by atoms with Gasteiger partial charge in [0.15, 0.2) is 11.4 Å². The van der Waals surface area contributed by atoms with E-state index in [9.17, 15) is 14.4 Å². The molecule has 2 heterocycles. The van der Waals surface area contributed by atoms with Gasteiger partial charge in [0.05, 0.1) is 24.4 Å². The van der Waals surface area contributed by atoms with Crippen LogP contribution in [0.25, 0.3) is 0 Å². The Hall–Kier alpha value is -3.33. The number of aliphatic hydroxyl groups is 1. The summed E-state index contributed by atoms with van der Waals surface area (Å²) in [5.41, 5.74) is 1.69. The Morgan fingerprint density at radius 2 is 1.29 bits per heavy atom. The molecule has 0 bridgehead atoms. The number of aryl methyl sites for hydroxylation is 2. The third-order valence-electron chi connectivity index (χ3n) is 3.63. The van der Waals surface area contributed by atoms with Crippen molar-refractivity contribution in [2.24, 2.45) is 0 Å². The molecular weight excluding hydrogens is 404 g/mol. The highest BCUT2D eigenvalue weighted by Crippen LogP contribution is 2.11. The second-order valence-electron chi connectivity index (χ2n) is 7.18. The summed E-state index contributed by atoms with van der Waals surface area (Å²) >= 11 is 0. The number of nitrogens with zero attached hydrogens (tertiary/aromatic N) is 2. The van der Waals surface area contributed by atoms with Crippen LogP contribution in [-0.4, -0.2) is 50.3 Å². The van der Waals surface area contributed by atoms with Crippen molar-refractivity contribution in [3.05, 3.63) is 58.2 Å². The van der Waals surface area contributed by atoms with Gasteiger partial charge in [-0.3, -0.25) is 0 Å². The van der Waals surface area contributed by atoms with Gasteiger partial charge < -0.3 is 19.7 Å². The normalized spacial score (nSPS) is 10.4. The first-order valence-electron chi connectivity index (χ1n) is 9.66. The molecule has 2 aromatic rings. The zero-order valence-electron chi connectivity index (χ0n) is 18.5. The van der Waals surface area contributed by atoms with Gasteiger partial charge in [-0.05, 0) is 59.7 Å². The fraction of sp³-hybridized carbons (Fsp3) is 0.409. The average Bonchev–Trinajstić information content (AvgIpc) is 2.67. The number of aromatic carboxylic acids is 1. The van der Waals surface area contributed by atoms with E-state index in [0.29, 0.717) is 11.3 Å². The lowest BCUT2D eigenvalue weighted by atomic mass is 10.2. The molecule has 31 heavy (non-hydrogen) atoms. The average molecular weight is 432 g/mol. The van der Waals surface area contributed by atoms with E-state index in [1.165, 1.54) is 12.1 Å². The van der Waals surface area contributed by atoms with Crippen molar-refractivity contribution in [1.82, 2.24) is 9.97 Å². The third kappa shape index (κ3) is 8.13. The first-order chi connectivity index (χ1) is 14.5. The summed E-state index contributed by atoms with van der Waals surface area (Å²) in [6.07, 6.45) is -0.497. The zero-order chi connectivity index (χ0) is 23.7. The number of carboxylic acids is 1. The van der Waals surface area contributed by atoms with Crippen LogP contribution >= 0.6 is 0 Å². The maximum absolute atomic E-state index is 11.6. The van der Waals surface area contributed by atoms with E-state index < -0.39 is 17.9 Å². The number of rotatable bonds is 6. The molecule has 2 rings (SSSR count). The molecule has 0 unspecified atom stereocenters. The predicted molar refractivity (Wildman–Crippen MR) is 112 cm³/mol. The summed E-state index contributed by atoms with van der Waals surface area (Å²) in [4.78, 5) is 42.0. The summed E-state index contributed by atoms with van der Waals surface area (Å²) in [5.74, 6) is -2.39. The Bertz CT molecular complexity index is 939. The number of hydrogen-bond acceptors (Lipinski definition) is 8. The Balaban J connectivity index is 0.000000311. The van der Waals surface area contributed by atoms with E-state index in [4.69, 9.17) is 19.7 Å². The molecular formula is C22H28N2O7. The Kier molecular flexibility index (Phi) is 9.75. The lowest BCUT2D eigenvalue weighted by Gasteiger charge is -2.10. The number of carboxylic acid groups (broad SMARTS) is 1. The summed E-state index contributed by atoms with van der Waals surface area (Å²) in [6.45, 7) is 10.2. The van der Waals surface area contributed by atoms with Crippen LogP contribution < -0.4 is 0 Å². The molecule has 0 aromatic carbocycles. The molecule has 0 saturated heterocycles. The Labute approximate surface area is 181 Å². The number of carbonyl (C=O) groups excluding carboxylic acids is 2. The zero-order valence-corrected chi connectivity index (χ0v) is 18.5. The minimum Gasteiger partial charge on any atom is -0.478 e. The number of pyridine rings is 2. The Morgan fingerprint density at radius 1 is 0.839 bits per heavy atom. The largest absolute Gasteiger partial charge is 0.478 e. The summed E-state index contributed by atoms with van der Waals surface area (Å²) < 4.78 is 9.94. The number of ether oxygens (including phenoxy) is 2. The molecule has 2 N–H and O–H groups in total. The number of aliphatic hydroxyl groups excluding tert-OH is 1. The lowest BCUT2D eigenvalue weighted by Crippen LogP contribution is -2.17. The van der Waals surface area contributed by atoms with E-state index in [1.807, 2.05) is 0 Å². The topological polar surface area (TPSA) is 136 Å². The molecule has 0 radical (unpaired) electrons. The highest BCUT2D eigenvalue weighted by atomic mass is 16.5. The Morgan fingerprint density at radius 3 is 1.74 bits per heavy atom. The minimum absolute atomic E-state index is 0.142. The molecule has 0 amide bonds. The van der Waals surface area contributed by atoms with Crippen LogP contribution in [0.3, 0.4) is 0 Å². The van der Waals surface area contributed by atoms with Crippen molar-refractivity contribution in [2.75, 3.05) is 0 Å². The van der Waals surface area contributed by atoms with Gasteiger partial charge in [-0.2, -0.15) is 0 Å². The van der Waals surface area contributed by atoms with Crippen molar-refractivity contribution < 1.29 is 34.1 Å². The number of hydrogen-bond donors (Lipinski definition) is 2. The number of aromatic nitrogens is 2. The molecule has 9 nitrogen and oxygen atoms in total. The molecule has 168 valence electrons.